The fraction of sp³-hybridized carbons (Fsp3) is 0.417. The summed E-state index contributed by atoms with van der Waals surface area (Å²) in [5.41, 5.74) is 0.939. The van der Waals surface area contributed by atoms with E-state index < -0.39 is 0 Å². The summed E-state index contributed by atoms with van der Waals surface area (Å²) >= 11 is 5.97. The molecule has 0 amide bonds. The van der Waals surface area contributed by atoms with E-state index in [9.17, 15) is 4.79 Å². The average molecular weight is 242 g/mol. The smallest absolute Gasteiger partial charge is 0.137 e. The molecule has 0 aromatic heterocycles. The van der Waals surface area contributed by atoms with E-state index >= 15 is 0 Å². The zero-order valence-corrected chi connectivity index (χ0v) is 10.3. The fourth-order valence-electron chi connectivity index (χ4n) is 1.35. The lowest BCUT2D eigenvalue weighted by molar-refractivity contribution is -0.117. The number of rotatable bonds is 6. The quantitative estimate of drug-likeness (QED) is 0.778. The third-order valence-electron chi connectivity index (χ3n) is 2.19. The third-order valence-corrected chi connectivity index (χ3v) is 2.48. The first-order valence-corrected chi connectivity index (χ1v) is 5.58. The van der Waals surface area contributed by atoms with Gasteiger partial charge in [0.2, 0.25) is 0 Å². The molecule has 0 spiro atoms. The molecule has 3 nitrogen and oxygen atoms in total. The molecule has 0 aliphatic rings. The second-order valence-electron chi connectivity index (χ2n) is 3.58. The van der Waals surface area contributed by atoms with E-state index in [1.807, 2.05) is 18.2 Å². The van der Waals surface area contributed by atoms with Crippen LogP contribution in [0.5, 0.6) is 5.75 Å². The van der Waals surface area contributed by atoms with Crippen molar-refractivity contribution in [3.05, 3.63) is 23.2 Å². The van der Waals surface area contributed by atoms with E-state index in [0.29, 0.717) is 17.2 Å². The van der Waals surface area contributed by atoms with Crippen LogP contribution in [0.15, 0.2) is 18.2 Å². The van der Waals surface area contributed by atoms with Crippen molar-refractivity contribution < 1.29 is 9.53 Å². The standard InChI is InChI=1S/C12H16ClNO2/c1-9(15)4-3-7-14-10-5-6-12(16-2)11(13)8-10/h5-6,8,14H,3-4,7H2,1-2H3. The van der Waals surface area contributed by atoms with Gasteiger partial charge in [0.1, 0.15) is 11.5 Å². The highest BCUT2D eigenvalue weighted by atomic mass is 35.5. The Hall–Kier alpha value is -1.22. The van der Waals surface area contributed by atoms with Gasteiger partial charge in [-0.15, -0.1) is 0 Å². The molecule has 0 aliphatic carbocycles. The van der Waals surface area contributed by atoms with E-state index in [4.69, 9.17) is 16.3 Å². The monoisotopic (exact) mass is 241 g/mol. The minimum atomic E-state index is 0.217. The topological polar surface area (TPSA) is 38.3 Å². The Morgan fingerprint density at radius 1 is 1.50 bits per heavy atom. The number of nitrogens with one attached hydrogen (secondary N) is 1. The molecule has 0 saturated heterocycles. The number of Topliss-reactive ketones (excluding diaryl/α,β-unsaturated/α-hetero) is 1. The number of halogens is 1. The number of anilines is 1. The van der Waals surface area contributed by atoms with Crippen molar-refractivity contribution in [2.24, 2.45) is 0 Å². The van der Waals surface area contributed by atoms with Crippen molar-refractivity contribution in [3.63, 3.8) is 0 Å². The van der Waals surface area contributed by atoms with Gasteiger partial charge in [0, 0.05) is 18.7 Å². The summed E-state index contributed by atoms with van der Waals surface area (Å²) in [6.45, 7) is 2.37. The molecule has 1 aromatic carbocycles. The second kappa shape index (κ2) is 6.38. The Morgan fingerprint density at radius 2 is 2.25 bits per heavy atom. The molecular weight excluding hydrogens is 226 g/mol. The molecule has 0 unspecified atom stereocenters. The fourth-order valence-corrected chi connectivity index (χ4v) is 1.60. The average Bonchev–Trinajstić information content (AvgIpc) is 2.24. The van der Waals surface area contributed by atoms with Gasteiger partial charge in [-0.3, -0.25) is 0 Å². The minimum absolute atomic E-state index is 0.217. The number of hydrogen-bond acceptors (Lipinski definition) is 3. The van der Waals surface area contributed by atoms with Crippen LogP contribution in [0.1, 0.15) is 19.8 Å². The van der Waals surface area contributed by atoms with Gasteiger partial charge in [-0.05, 0) is 31.5 Å². The molecule has 0 radical (unpaired) electrons. The molecule has 0 fully saturated rings. The van der Waals surface area contributed by atoms with Crippen molar-refractivity contribution in [2.75, 3.05) is 19.0 Å². The van der Waals surface area contributed by atoms with Crippen LogP contribution in [0, 0.1) is 0 Å². The molecule has 0 atom stereocenters. The summed E-state index contributed by atoms with van der Waals surface area (Å²) in [5, 5.41) is 3.78. The van der Waals surface area contributed by atoms with Crippen molar-refractivity contribution in [1.29, 1.82) is 0 Å². The Kier molecular flexibility index (Phi) is 5.12. The van der Waals surface area contributed by atoms with E-state index in [1.165, 1.54) is 0 Å². The van der Waals surface area contributed by atoms with Gasteiger partial charge in [0.05, 0.1) is 12.1 Å². The summed E-state index contributed by atoms with van der Waals surface area (Å²) in [7, 11) is 1.58. The first-order valence-electron chi connectivity index (χ1n) is 5.20. The zero-order valence-electron chi connectivity index (χ0n) is 9.55. The summed E-state index contributed by atoms with van der Waals surface area (Å²) in [4.78, 5) is 10.7. The van der Waals surface area contributed by atoms with E-state index in [2.05, 4.69) is 5.32 Å². The molecule has 1 rings (SSSR count). The maximum Gasteiger partial charge on any atom is 0.137 e. The van der Waals surface area contributed by atoms with Crippen LogP contribution in [-0.2, 0) is 4.79 Å². The van der Waals surface area contributed by atoms with Gasteiger partial charge in [0.15, 0.2) is 0 Å². The predicted molar refractivity (Wildman–Crippen MR) is 66.4 cm³/mol. The number of hydrogen-bond donors (Lipinski definition) is 1. The molecule has 1 N–H and O–H groups in total. The molecule has 0 heterocycles. The van der Waals surface area contributed by atoms with Crippen molar-refractivity contribution in [1.82, 2.24) is 0 Å². The minimum Gasteiger partial charge on any atom is -0.495 e. The van der Waals surface area contributed by atoms with Crippen LogP contribution in [0.25, 0.3) is 0 Å². The number of ketones is 1. The van der Waals surface area contributed by atoms with Gasteiger partial charge in [-0.2, -0.15) is 0 Å². The molecule has 0 saturated carbocycles. The van der Waals surface area contributed by atoms with Gasteiger partial charge in [-0.1, -0.05) is 11.6 Å². The molecule has 4 heteroatoms. The van der Waals surface area contributed by atoms with Crippen LogP contribution in [-0.4, -0.2) is 19.4 Å². The van der Waals surface area contributed by atoms with Crippen LogP contribution in [0.2, 0.25) is 5.02 Å². The summed E-state index contributed by atoms with van der Waals surface area (Å²) in [5.74, 6) is 0.880. The highest BCUT2D eigenvalue weighted by Crippen LogP contribution is 2.27. The Bertz CT molecular complexity index is 366. The third kappa shape index (κ3) is 4.11. The molecule has 16 heavy (non-hydrogen) atoms. The SMILES string of the molecule is COc1ccc(NCCCC(C)=O)cc1Cl. The molecular formula is C12H16ClNO2. The first kappa shape index (κ1) is 12.8. The highest BCUT2D eigenvalue weighted by molar-refractivity contribution is 6.32. The number of ether oxygens (including phenoxy) is 1. The van der Waals surface area contributed by atoms with Crippen LogP contribution in [0.3, 0.4) is 0 Å². The molecule has 88 valence electrons. The molecule has 0 aliphatic heterocycles. The Morgan fingerprint density at radius 3 is 2.81 bits per heavy atom. The highest BCUT2D eigenvalue weighted by Gasteiger charge is 2.01. The van der Waals surface area contributed by atoms with Gasteiger partial charge >= 0.3 is 0 Å². The maximum atomic E-state index is 10.7. The van der Waals surface area contributed by atoms with Gasteiger partial charge < -0.3 is 14.8 Å². The van der Waals surface area contributed by atoms with E-state index in [0.717, 1.165) is 18.7 Å². The van der Waals surface area contributed by atoms with Crippen LogP contribution in [0.4, 0.5) is 5.69 Å². The normalized spacial score (nSPS) is 9.94. The van der Waals surface area contributed by atoms with Crippen LogP contribution >= 0.6 is 11.6 Å². The van der Waals surface area contributed by atoms with Gasteiger partial charge in [-0.25, -0.2) is 0 Å². The number of methoxy groups -OCH3 is 1. The number of carbonyl (C=O) groups is 1. The Labute approximate surface area is 101 Å². The lowest BCUT2D eigenvalue weighted by Gasteiger charge is -2.08. The number of benzene rings is 1. The van der Waals surface area contributed by atoms with Gasteiger partial charge in [0.25, 0.3) is 0 Å². The lowest BCUT2D eigenvalue weighted by Crippen LogP contribution is -2.03. The maximum absolute atomic E-state index is 10.7. The Balaban J connectivity index is 2.43. The van der Waals surface area contributed by atoms with Crippen molar-refractivity contribution in [3.8, 4) is 5.75 Å². The first-order chi connectivity index (χ1) is 7.63. The second-order valence-corrected chi connectivity index (χ2v) is 3.99. The lowest BCUT2D eigenvalue weighted by atomic mass is 10.2. The largest absolute Gasteiger partial charge is 0.495 e. The van der Waals surface area contributed by atoms with Crippen molar-refractivity contribution in [2.45, 2.75) is 19.8 Å². The van der Waals surface area contributed by atoms with E-state index in [1.54, 1.807) is 14.0 Å². The van der Waals surface area contributed by atoms with E-state index in [-0.39, 0.29) is 5.78 Å². The summed E-state index contributed by atoms with van der Waals surface area (Å²) < 4.78 is 5.05. The predicted octanol–water partition coefficient (Wildman–Crippen LogP) is 3.13. The van der Waals surface area contributed by atoms with Crippen LogP contribution < -0.4 is 10.1 Å². The summed E-state index contributed by atoms with van der Waals surface area (Å²) in [6.07, 6.45) is 1.44. The zero-order chi connectivity index (χ0) is 12.0. The molecule has 0 bridgehead atoms. The number of carbonyl (C=O) groups excluding carboxylic acids is 1. The van der Waals surface area contributed by atoms with Crippen molar-refractivity contribution >= 4 is 23.1 Å². The molecule has 1 aromatic rings. The summed E-state index contributed by atoms with van der Waals surface area (Å²) in [6, 6.07) is 5.53.